The van der Waals surface area contributed by atoms with Crippen LogP contribution in [0.4, 0.5) is 5.13 Å². The van der Waals surface area contributed by atoms with Crippen LogP contribution in [-0.4, -0.2) is 31.3 Å². The summed E-state index contributed by atoms with van der Waals surface area (Å²) < 4.78 is 5.18. The predicted octanol–water partition coefficient (Wildman–Crippen LogP) is 2.24. The van der Waals surface area contributed by atoms with Gasteiger partial charge in [0.1, 0.15) is 0 Å². The summed E-state index contributed by atoms with van der Waals surface area (Å²) >= 11 is 1.68. The highest BCUT2D eigenvalue weighted by molar-refractivity contribution is 7.15. The molecule has 5 heteroatoms. The first kappa shape index (κ1) is 14.4. The maximum absolute atomic E-state index is 5.63. The van der Waals surface area contributed by atoms with E-state index >= 15 is 0 Å². The van der Waals surface area contributed by atoms with Gasteiger partial charge in [-0.2, -0.15) is 0 Å². The quantitative estimate of drug-likeness (QED) is 0.776. The Balaban J connectivity index is 2.80. The van der Waals surface area contributed by atoms with E-state index in [0.717, 1.165) is 36.0 Å². The van der Waals surface area contributed by atoms with Gasteiger partial charge in [-0.3, -0.25) is 0 Å². The highest BCUT2D eigenvalue weighted by Gasteiger charge is 2.18. The third-order valence-corrected chi connectivity index (χ3v) is 3.96. The van der Waals surface area contributed by atoms with Crippen molar-refractivity contribution in [3.05, 3.63) is 11.1 Å². The van der Waals surface area contributed by atoms with Crippen LogP contribution in [0.1, 0.15) is 31.6 Å². The fraction of sp³-hybridized carbons (Fsp3) is 0.750. The van der Waals surface area contributed by atoms with Crippen LogP contribution in [0, 0.1) is 0 Å². The molecule has 0 fully saturated rings. The van der Waals surface area contributed by atoms with Crippen molar-refractivity contribution < 1.29 is 4.74 Å². The molecule has 0 atom stereocenters. The highest BCUT2D eigenvalue weighted by Crippen LogP contribution is 2.25. The smallest absolute Gasteiger partial charge is 0.185 e. The zero-order valence-corrected chi connectivity index (χ0v) is 11.8. The summed E-state index contributed by atoms with van der Waals surface area (Å²) in [6.07, 6.45) is 4.12. The van der Waals surface area contributed by atoms with Crippen LogP contribution in [0.3, 0.4) is 0 Å². The minimum Gasteiger partial charge on any atom is -0.383 e. The molecule has 0 saturated heterocycles. The van der Waals surface area contributed by atoms with Crippen molar-refractivity contribution in [2.45, 2.75) is 39.3 Å². The highest BCUT2D eigenvalue weighted by atomic mass is 32.1. The molecule has 0 aromatic carbocycles. The first-order valence-electron chi connectivity index (χ1n) is 6.17. The van der Waals surface area contributed by atoms with Crippen molar-refractivity contribution in [2.75, 3.05) is 25.2 Å². The van der Waals surface area contributed by atoms with Gasteiger partial charge in [0.2, 0.25) is 0 Å². The fourth-order valence-electron chi connectivity index (χ4n) is 1.88. The summed E-state index contributed by atoms with van der Waals surface area (Å²) in [7, 11) is 1.73. The molecule has 98 valence electrons. The van der Waals surface area contributed by atoms with Gasteiger partial charge in [0, 0.05) is 37.3 Å². The molecule has 1 heterocycles. The van der Waals surface area contributed by atoms with Gasteiger partial charge in [-0.25, -0.2) is 4.98 Å². The number of hydrogen-bond donors (Lipinski definition) is 1. The Morgan fingerprint density at radius 3 is 2.65 bits per heavy atom. The number of thiazole rings is 1. The van der Waals surface area contributed by atoms with Crippen molar-refractivity contribution in [3.8, 4) is 0 Å². The molecule has 0 unspecified atom stereocenters. The lowest BCUT2D eigenvalue weighted by Crippen LogP contribution is -2.37. The zero-order valence-electron chi connectivity index (χ0n) is 11.0. The van der Waals surface area contributed by atoms with Crippen molar-refractivity contribution in [1.82, 2.24) is 4.98 Å². The zero-order chi connectivity index (χ0) is 12.7. The Bertz CT molecular complexity index is 312. The first-order chi connectivity index (χ1) is 8.26. The molecule has 0 radical (unpaired) electrons. The molecule has 2 N–H and O–H groups in total. The van der Waals surface area contributed by atoms with Gasteiger partial charge >= 0.3 is 0 Å². The summed E-state index contributed by atoms with van der Waals surface area (Å²) in [6.45, 7) is 6.62. The standard InChI is InChI=1S/C12H23N3OS/c1-4-10(5-2)15(6-7-16-3)12-14-9-11(8-13)17-12/h9-10H,4-8,13H2,1-3H3. The molecule has 1 rings (SSSR count). The third kappa shape index (κ3) is 3.94. The monoisotopic (exact) mass is 257 g/mol. The summed E-state index contributed by atoms with van der Waals surface area (Å²) in [5, 5.41) is 1.07. The van der Waals surface area contributed by atoms with Crippen molar-refractivity contribution >= 4 is 16.5 Å². The van der Waals surface area contributed by atoms with E-state index in [9.17, 15) is 0 Å². The van der Waals surface area contributed by atoms with E-state index in [2.05, 4.69) is 23.7 Å². The van der Waals surface area contributed by atoms with E-state index in [4.69, 9.17) is 10.5 Å². The molecule has 0 aliphatic rings. The summed E-state index contributed by atoms with van der Waals surface area (Å²) in [4.78, 5) is 7.94. The average molecular weight is 257 g/mol. The molecule has 1 aromatic rings. The third-order valence-electron chi connectivity index (χ3n) is 2.91. The minimum atomic E-state index is 0.530. The number of nitrogens with zero attached hydrogens (tertiary/aromatic N) is 2. The second kappa shape index (κ2) is 7.63. The first-order valence-corrected chi connectivity index (χ1v) is 6.98. The van der Waals surface area contributed by atoms with Gasteiger partial charge in [-0.05, 0) is 12.8 Å². The number of anilines is 1. The predicted molar refractivity (Wildman–Crippen MR) is 73.6 cm³/mol. The van der Waals surface area contributed by atoms with E-state index in [1.54, 1.807) is 18.4 Å². The fourth-order valence-corrected chi connectivity index (χ4v) is 2.76. The summed E-state index contributed by atoms with van der Waals surface area (Å²) in [5.74, 6) is 0. The molecule has 0 spiro atoms. The van der Waals surface area contributed by atoms with Crippen LogP contribution in [0.25, 0.3) is 0 Å². The minimum absolute atomic E-state index is 0.530. The van der Waals surface area contributed by atoms with Gasteiger partial charge in [-0.1, -0.05) is 13.8 Å². The maximum Gasteiger partial charge on any atom is 0.185 e. The average Bonchev–Trinajstić information content (AvgIpc) is 2.83. The van der Waals surface area contributed by atoms with Crippen molar-refractivity contribution in [3.63, 3.8) is 0 Å². The summed E-state index contributed by atoms with van der Waals surface area (Å²) in [6, 6.07) is 0.530. The Labute approximate surface area is 108 Å². The van der Waals surface area contributed by atoms with E-state index < -0.39 is 0 Å². The number of ether oxygens (including phenoxy) is 1. The van der Waals surface area contributed by atoms with Crippen LogP contribution in [-0.2, 0) is 11.3 Å². The van der Waals surface area contributed by atoms with Gasteiger partial charge in [-0.15, -0.1) is 11.3 Å². The second-order valence-corrected chi connectivity index (χ2v) is 5.06. The molecular weight excluding hydrogens is 234 g/mol. The molecule has 17 heavy (non-hydrogen) atoms. The van der Waals surface area contributed by atoms with E-state index in [1.807, 2.05) is 6.20 Å². The topological polar surface area (TPSA) is 51.4 Å². The number of rotatable bonds is 8. The van der Waals surface area contributed by atoms with Crippen LogP contribution < -0.4 is 10.6 Å². The largest absolute Gasteiger partial charge is 0.383 e. The summed E-state index contributed by atoms with van der Waals surface area (Å²) in [5.41, 5.74) is 5.63. The SMILES string of the molecule is CCC(CC)N(CCOC)c1ncc(CN)s1. The normalized spacial score (nSPS) is 11.1. The van der Waals surface area contributed by atoms with E-state index in [0.29, 0.717) is 12.6 Å². The molecule has 0 aliphatic heterocycles. The van der Waals surface area contributed by atoms with Gasteiger partial charge in [0.25, 0.3) is 0 Å². The van der Waals surface area contributed by atoms with Crippen LogP contribution >= 0.6 is 11.3 Å². The Kier molecular flexibility index (Phi) is 6.47. The molecule has 0 aliphatic carbocycles. The maximum atomic E-state index is 5.63. The Morgan fingerprint density at radius 1 is 1.47 bits per heavy atom. The molecule has 0 amide bonds. The van der Waals surface area contributed by atoms with E-state index in [1.165, 1.54) is 0 Å². The van der Waals surface area contributed by atoms with Crippen LogP contribution in [0.15, 0.2) is 6.20 Å². The van der Waals surface area contributed by atoms with Gasteiger partial charge < -0.3 is 15.4 Å². The second-order valence-electron chi connectivity index (χ2n) is 3.97. The van der Waals surface area contributed by atoms with Gasteiger partial charge in [0.05, 0.1) is 6.61 Å². The molecule has 0 saturated carbocycles. The number of hydrogen-bond acceptors (Lipinski definition) is 5. The van der Waals surface area contributed by atoms with E-state index in [-0.39, 0.29) is 0 Å². The van der Waals surface area contributed by atoms with Crippen molar-refractivity contribution in [2.24, 2.45) is 5.73 Å². The Hall–Kier alpha value is -0.650. The lowest BCUT2D eigenvalue weighted by Gasteiger charge is -2.29. The number of aromatic nitrogens is 1. The molecular formula is C12H23N3OS. The Morgan fingerprint density at radius 2 is 2.18 bits per heavy atom. The lowest BCUT2D eigenvalue weighted by molar-refractivity contribution is 0.202. The molecule has 0 bridgehead atoms. The number of nitrogens with two attached hydrogens (primary N) is 1. The van der Waals surface area contributed by atoms with Gasteiger partial charge in [0.15, 0.2) is 5.13 Å². The number of methoxy groups -OCH3 is 1. The molecule has 1 aromatic heterocycles. The van der Waals surface area contributed by atoms with Crippen LogP contribution in [0.5, 0.6) is 0 Å². The van der Waals surface area contributed by atoms with Crippen LogP contribution in [0.2, 0.25) is 0 Å². The lowest BCUT2D eigenvalue weighted by atomic mass is 10.1. The molecule has 4 nitrogen and oxygen atoms in total. The van der Waals surface area contributed by atoms with Crippen molar-refractivity contribution in [1.29, 1.82) is 0 Å².